The van der Waals surface area contributed by atoms with Gasteiger partial charge in [0, 0.05) is 6.54 Å². The lowest BCUT2D eigenvalue weighted by Gasteiger charge is -2.20. The van der Waals surface area contributed by atoms with Crippen molar-refractivity contribution in [2.45, 2.75) is 32.1 Å². The zero-order chi connectivity index (χ0) is 15.2. The first kappa shape index (κ1) is 16.7. The van der Waals surface area contributed by atoms with E-state index in [1.807, 2.05) is 6.92 Å². The Hall–Kier alpha value is -1.40. The van der Waals surface area contributed by atoms with E-state index in [0.717, 1.165) is 0 Å². The van der Waals surface area contributed by atoms with E-state index in [9.17, 15) is 13.2 Å². The van der Waals surface area contributed by atoms with Crippen molar-refractivity contribution in [3.8, 4) is 0 Å². The van der Waals surface area contributed by atoms with Gasteiger partial charge in [0.2, 0.25) is 10.0 Å². The molecule has 0 aliphatic carbocycles. The van der Waals surface area contributed by atoms with Crippen molar-refractivity contribution in [3.05, 3.63) is 30.3 Å². The van der Waals surface area contributed by atoms with Crippen LogP contribution in [0.25, 0.3) is 0 Å². The van der Waals surface area contributed by atoms with E-state index in [4.69, 9.17) is 4.74 Å². The van der Waals surface area contributed by atoms with Crippen molar-refractivity contribution < 1.29 is 17.9 Å². The first-order chi connectivity index (χ1) is 9.29. The highest BCUT2D eigenvalue weighted by atomic mass is 32.2. The van der Waals surface area contributed by atoms with Crippen LogP contribution >= 0.6 is 0 Å². The van der Waals surface area contributed by atoms with Gasteiger partial charge in [-0.25, -0.2) is 13.1 Å². The molecule has 0 fully saturated rings. The molecule has 1 rings (SSSR count). The van der Waals surface area contributed by atoms with E-state index < -0.39 is 15.4 Å². The maximum atomic E-state index is 11.9. The number of carbonyl (C=O) groups is 1. The van der Waals surface area contributed by atoms with Crippen molar-refractivity contribution >= 4 is 16.0 Å². The third-order valence-electron chi connectivity index (χ3n) is 3.12. The zero-order valence-electron chi connectivity index (χ0n) is 12.0. The van der Waals surface area contributed by atoms with Gasteiger partial charge in [-0.3, -0.25) is 4.79 Å². The summed E-state index contributed by atoms with van der Waals surface area (Å²) in [5, 5.41) is 0. The third kappa shape index (κ3) is 4.61. The topological polar surface area (TPSA) is 72.5 Å². The van der Waals surface area contributed by atoms with Crippen molar-refractivity contribution in [1.82, 2.24) is 4.72 Å². The van der Waals surface area contributed by atoms with Crippen LogP contribution in [0.15, 0.2) is 35.2 Å². The molecule has 5 nitrogen and oxygen atoms in total. The van der Waals surface area contributed by atoms with Crippen LogP contribution in [0, 0.1) is 5.41 Å². The third-order valence-corrected chi connectivity index (χ3v) is 4.59. The normalized spacial score (nSPS) is 12.2. The lowest BCUT2D eigenvalue weighted by molar-refractivity contribution is -0.153. The summed E-state index contributed by atoms with van der Waals surface area (Å²) in [4.78, 5) is 11.9. The van der Waals surface area contributed by atoms with Gasteiger partial charge in [0.1, 0.15) is 6.61 Å². The number of rotatable bonds is 7. The fraction of sp³-hybridized carbons (Fsp3) is 0.500. The molecule has 1 aromatic carbocycles. The number of sulfonamides is 1. The number of esters is 1. The molecule has 20 heavy (non-hydrogen) atoms. The quantitative estimate of drug-likeness (QED) is 0.617. The Bertz CT molecular complexity index is 538. The van der Waals surface area contributed by atoms with Gasteiger partial charge in [0.15, 0.2) is 0 Å². The highest BCUT2D eigenvalue weighted by molar-refractivity contribution is 7.89. The number of hydrogen-bond acceptors (Lipinski definition) is 4. The zero-order valence-corrected chi connectivity index (χ0v) is 12.9. The molecule has 0 aromatic heterocycles. The largest absolute Gasteiger partial charge is 0.464 e. The second kappa shape index (κ2) is 6.85. The standard InChI is InChI=1S/C14H21NO4S/c1-4-14(2,3)13(16)19-11-10-15-20(17,18)12-8-6-5-7-9-12/h5-9,15H,4,10-11H2,1-3H3. The molecule has 112 valence electrons. The summed E-state index contributed by atoms with van der Waals surface area (Å²) >= 11 is 0. The average molecular weight is 299 g/mol. The van der Waals surface area contributed by atoms with Gasteiger partial charge >= 0.3 is 5.97 Å². The molecule has 6 heteroatoms. The Balaban J connectivity index is 2.44. The predicted molar refractivity (Wildman–Crippen MR) is 76.7 cm³/mol. The molecule has 0 amide bonds. The minimum Gasteiger partial charge on any atom is -0.464 e. The Morgan fingerprint density at radius 2 is 1.85 bits per heavy atom. The fourth-order valence-electron chi connectivity index (χ4n) is 1.34. The minimum absolute atomic E-state index is 0.0221. The molecule has 0 atom stereocenters. The van der Waals surface area contributed by atoms with Gasteiger partial charge in [-0.05, 0) is 32.4 Å². The smallest absolute Gasteiger partial charge is 0.311 e. The molecule has 0 unspecified atom stereocenters. The predicted octanol–water partition coefficient (Wildman–Crippen LogP) is 1.94. The summed E-state index contributed by atoms with van der Waals surface area (Å²) in [7, 11) is -3.54. The highest BCUT2D eigenvalue weighted by Crippen LogP contribution is 2.21. The van der Waals surface area contributed by atoms with E-state index in [2.05, 4.69) is 4.72 Å². The molecule has 0 aliphatic rings. The summed E-state index contributed by atoms with van der Waals surface area (Å²) in [6, 6.07) is 8.06. The second-order valence-corrected chi connectivity index (χ2v) is 6.85. The van der Waals surface area contributed by atoms with E-state index in [1.165, 1.54) is 12.1 Å². The van der Waals surface area contributed by atoms with E-state index in [1.54, 1.807) is 32.0 Å². The number of ether oxygens (including phenoxy) is 1. The number of nitrogens with one attached hydrogen (secondary N) is 1. The Labute approximate surface area is 120 Å². The van der Waals surface area contributed by atoms with Crippen LogP contribution in [0.5, 0.6) is 0 Å². The van der Waals surface area contributed by atoms with Crippen molar-refractivity contribution in [2.75, 3.05) is 13.2 Å². The van der Waals surface area contributed by atoms with Crippen molar-refractivity contribution in [2.24, 2.45) is 5.41 Å². The molecular formula is C14H21NO4S. The summed E-state index contributed by atoms with van der Waals surface area (Å²) in [5.41, 5.74) is -0.543. The van der Waals surface area contributed by atoms with Crippen LogP contribution in [0.4, 0.5) is 0 Å². The summed E-state index contributed by atoms with van der Waals surface area (Å²) in [5.74, 6) is -0.320. The maximum Gasteiger partial charge on any atom is 0.311 e. The molecule has 0 aliphatic heterocycles. The number of hydrogen-bond donors (Lipinski definition) is 1. The summed E-state index contributed by atoms with van der Waals surface area (Å²) in [6.45, 7) is 5.57. The molecule has 1 aromatic rings. The Kier molecular flexibility index (Phi) is 5.71. The molecule has 0 spiro atoms. The number of carbonyl (C=O) groups excluding carboxylic acids is 1. The second-order valence-electron chi connectivity index (χ2n) is 5.08. The molecule has 0 heterocycles. The SMILES string of the molecule is CCC(C)(C)C(=O)OCCNS(=O)(=O)c1ccccc1. The lowest BCUT2D eigenvalue weighted by Crippen LogP contribution is -2.31. The van der Waals surface area contributed by atoms with Gasteiger partial charge in [0.05, 0.1) is 10.3 Å². The highest BCUT2D eigenvalue weighted by Gasteiger charge is 2.26. The van der Waals surface area contributed by atoms with E-state index in [0.29, 0.717) is 6.42 Å². The monoisotopic (exact) mass is 299 g/mol. The minimum atomic E-state index is -3.54. The fourth-order valence-corrected chi connectivity index (χ4v) is 2.38. The Morgan fingerprint density at radius 3 is 2.40 bits per heavy atom. The van der Waals surface area contributed by atoms with Crippen molar-refractivity contribution in [3.63, 3.8) is 0 Å². The summed E-state index contributed by atoms with van der Waals surface area (Å²) < 4.78 is 31.2. The van der Waals surface area contributed by atoms with Gasteiger partial charge in [-0.15, -0.1) is 0 Å². The van der Waals surface area contributed by atoms with Gasteiger partial charge in [0.25, 0.3) is 0 Å². The van der Waals surface area contributed by atoms with Crippen LogP contribution in [0.1, 0.15) is 27.2 Å². The molecule has 0 saturated carbocycles. The van der Waals surface area contributed by atoms with Crippen LogP contribution in [0.2, 0.25) is 0 Å². The van der Waals surface area contributed by atoms with E-state index in [-0.39, 0.29) is 24.0 Å². The number of benzene rings is 1. The molecule has 1 N–H and O–H groups in total. The lowest BCUT2D eigenvalue weighted by atomic mass is 9.91. The summed E-state index contributed by atoms with van der Waals surface area (Å²) in [6.07, 6.45) is 0.668. The molecule has 0 radical (unpaired) electrons. The molecule has 0 saturated heterocycles. The van der Waals surface area contributed by atoms with Crippen LogP contribution in [-0.2, 0) is 19.6 Å². The van der Waals surface area contributed by atoms with E-state index >= 15 is 0 Å². The van der Waals surface area contributed by atoms with Crippen LogP contribution in [-0.4, -0.2) is 27.5 Å². The van der Waals surface area contributed by atoms with Crippen molar-refractivity contribution in [1.29, 1.82) is 0 Å². The van der Waals surface area contributed by atoms with Crippen LogP contribution < -0.4 is 4.72 Å². The molecular weight excluding hydrogens is 278 g/mol. The van der Waals surface area contributed by atoms with Gasteiger partial charge in [-0.2, -0.15) is 0 Å². The average Bonchev–Trinajstić information content (AvgIpc) is 2.44. The first-order valence-corrected chi connectivity index (χ1v) is 8.00. The van der Waals surface area contributed by atoms with Crippen LogP contribution in [0.3, 0.4) is 0 Å². The van der Waals surface area contributed by atoms with Gasteiger partial charge < -0.3 is 4.74 Å². The maximum absolute atomic E-state index is 11.9. The first-order valence-electron chi connectivity index (χ1n) is 6.51. The molecule has 0 bridgehead atoms. The van der Waals surface area contributed by atoms with Gasteiger partial charge in [-0.1, -0.05) is 25.1 Å². The Morgan fingerprint density at radius 1 is 1.25 bits per heavy atom.